The predicted molar refractivity (Wildman–Crippen MR) is 59.3 cm³/mol. The fourth-order valence-electron chi connectivity index (χ4n) is 1.07. The minimum atomic E-state index is -1.06. The average molecular weight is 293 g/mol. The van der Waals surface area contributed by atoms with E-state index < -0.39 is 5.97 Å². The van der Waals surface area contributed by atoms with E-state index in [2.05, 4.69) is 20.9 Å². The Morgan fingerprint density at radius 1 is 1.64 bits per heavy atom. The van der Waals surface area contributed by atoms with Crippen molar-refractivity contribution in [2.24, 2.45) is 0 Å². The molecule has 6 heteroatoms. The van der Waals surface area contributed by atoms with Crippen LogP contribution in [0.3, 0.4) is 0 Å². The SMILES string of the molecule is O=C(O)c1cnc2cc(Br)sc2c1Cl. The lowest BCUT2D eigenvalue weighted by Crippen LogP contribution is -1.97. The van der Waals surface area contributed by atoms with Crippen LogP contribution < -0.4 is 0 Å². The summed E-state index contributed by atoms with van der Waals surface area (Å²) in [5.74, 6) is -1.06. The van der Waals surface area contributed by atoms with Crippen molar-refractivity contribution in [3.63, 3.8) is 0 Å². The molecule has 14 heavy (non-hydrogen) atoms. The van der Waals surface area contributed by atoms with E-state index in [1.807, 2.05) is 0 Å². The molecule has 0 fully saturated rings. The molecule has 0 saturated carbocycles. The molecule has 0 aliphatic heterocycles. The molecule has 0 saturated heterocycles. The molecule has 0 atom stereocenters. The summed E-state index contributed by atoms with van der Waals surface area (Å²) in [6.07, 6.45) is 1.27. The van der Waals surface area contributed by atoms with Crippen LogP contribution in [0.1, 0.15) is 10.4 Å². The highest BCUT2D eigenvalue weighted by atomic mass is 79.9. The zero-order valence-corrected chi connectivity index (χ0v) is 9.78. The van der Waals surface area contributed by atoms with Gasteiger partial charge in [0.1, 0.15) is 0 Å². The lowest BCUT2D eigenvalue weighted by molar-refractivity contribution is 0.0697. The fourth-order valence-corrected chi connectivity index (χ4v) is 2.89. The van der Waals surface area contributed by atoms with Gasteiger partial charge >= 0.3 is 5.97 Å². The molecule has 0 aliphatic carbocycles. The summed E-state index contributed by atoms with van der Waals surface area (Å²) >= 11 is 10.6. The molecule has 0 amide bonds. The summed E-state index contributed by atoms with van der Waals surface area (Å²) in [7, 11) is 0. The van der Waals surface area contributed by atoms with E-state index >= 15 is 0 Å². The third kappa shape index (κ3) is 1.51. The number of carboxylic acids is 1. The molecule has 0 unspecified atom stereocenters. The van der Waals surface area contributed by atoms with Gasteiger partial charge in [0.15, 0.2) is 0 Å². The number of carbonyl (C=O) groups is 1. The highest BCUT2D eigenvalue weighted by Crippen LogP contribution is 2.35. The van der Waals surface area contributed by atoms with Crippen molar-refractivity contribution in [2.45, 2.75) is 0 Å². The number of fused-ring (bicyclic) bond motifs is 1. The lowest BCUT2D eigenvalue weighted by atomic mass is 10.3. The minimum absolute atomic E-state index is 0.0357. The number of hydrogen-bond donors (Lipinski definition) is 1. The van der Waals surface area contributed by atoms with Gasteiger partial charge in [0.25, 0.3) is 0 Å². The zero-order chi connectivity index (χ0) is 10.3. The van der Waals surface area contributed by atoms with Gasteiger partial charge in [0.2, 0.25) is 0 Å². The van der Waals surface area contributed by atoms with Crippen molar-refractivity contribution in [1.82, 2.24) is 4.98 Å². The summed E-state index contributed by atoms with van der Waals surface area (Å²) in [6.45, 7) is 0. The van der Waals surface area contributed by atoms with Crippen LogP contribution in [0.25, 0.3) is 10.2 Å². The van der Waals surface area contributed by atoms with Gasteiger partial charge in [0.05, 0.1) is 24.6 Å². The van der Waals surface area contributed by atoms with Crippen LogP contribution in [0.2, 0.25) is 5.02 Å². The number of hydrogen-bond acceptors (Lipinski definition) is 3. The number of aromatic nitrogens is 1. The molecule has 0 aliphatic rings. The van der Waals surface area contributed by atoms with E-state index in [-0.39, 0.29) is 10.6 Å². The largest absolute Gasteiger partial charge is 0.478 e. The summed E-state index contributed by atoms with van der Waals surface area (Å²) in [4.78, 5) is 14.7. The summed E-state index contributed by atoms with van der Waals surface area (Å²) in [6, 6.07) is 1.80. The second kappa shape index (κ2) is 3.49. The molecule has 2 rings (SSSR count). The molecule has 2 aromatic rings. The van der Waals surface area contributed by atoms with Crippen molar-refractivity contribution in [1.29, 1.82) is 0 Å². The number of halogens is 2. The Morgan fingerprint density at radius 2 is 2.36 bits per heavy atom. The van der Waals surface area contributed by atoms with Crippen LogP contribution in [0, 0.1) is 0 Å². The number of thiophene rings is 1. The lowest BCUT2D eigenvalue weighted by Gasteiger charge is -1.97. The Labute approximate surface area is 96.5 Å². The quantitative estimate of drug-likeness (QED) is 0.876. The normalized spacial score (nSPS) is 10.7. The van der Waals surface area contributed by atoms with Crippen molar-refractivity contribution < 1.29 is 9.90 Å². The van der Waals surface area contributed by atoms with E-state index in [0.717, 1.165) is 3.79 Å². The maximum atomic E-state index is 10.7. The second-order valence-electron chi connectivity index (χ2n) is 2.56. The molecule has 72 valence electrons. The van der Waals surface area contributed by atoms with Gasteiger partial charge < -0.3 is 5.11 Å². The van der Waals surface area contributed by atoms with E-state index in [4.69, 9.17) is 16.7 Å². The second-order valence-corrected chi connectivity index (χ2v) is 5.37. The summed E-state index contributed by atoms with van der Waals surface area (Å²) in [5, 5.41) is 9.05. The molecule has 0 bridgehead atoms. The van der Waals surface area contributed by atoms with Crippen LogP contribution in [-0.2, 0) is 0 Å². The maximum absolute atomic E-state index is 10.7. The molecule has 0 aromatic carbocycles. The molecule has 0 spiro atoms. The van der Waals surface area contributed by atoms with Crippen molar-refractivity contribution in [3.05, 3.63) is 26.6 Å². The van der Waals surface area contributed by atoms with Crippen LogP contribution in [0.5, 0.6) is 0 Å². The van der Waals surface area contributed by atoms with Gasteiger partial charge in [-0.1, -0.05) is 11.6 Å². The zero-order valence-electron chi connectivity index (χ0n) is 6.62. The number of carboxylic acid groups (broad SMARTS) is 1. The number of pyridine rings is 1. The third-order valence-electron chi connectivity index (χ3n) is 1.68. The van der Waals surface area contributed by atoms with Gasteiger partial charge in [-0.2, -0.15) is 0 Å². The smallest absolute Gasteiger partial charge is 0.338 e. The third-order valence-corrected chi connectivity index (χ3v) is 3.83. The van der Waals surface area contributed by atoms with Crippen LogP contribution >= 0.6 is 38.9 Å². The number of nitrogens with zero attached hydrogens (tertiary/aromatic N) is 1. The molecule has 2 aromatic heterocycles. The van der Waals surface area contributed by atoms with Gasteiger partial charge in [0, 0.05) is 6.20 Å². The molecular formula is C8H3BrClNO2S. The van der Waals surface area contributed by atoms with Gasteiger partial charge in [-0.25, -0.2) is 4.79 Å². The Hall–Kier alpha value is -0.650. The Bertz CT molecular complexity index is 525. The monoisotopic (exact) mass is 291 g/mol. The van der Waals surface area contributed by atoms with Crippen molar-refractivity contribution in [2.75, 3.05) is 0 Å². The maximum Gasteiger partial charge on any atom is 0.338 e. The topological polar surface area (TPSA) is 50.2 Å². The van der Waals surface area contributed by atoms with E-state index in [9.17, 15) is 4.79 Å². The first-order valence-electron chi connectivity index (χ1n) is 3.56. The first-order valence-corrected chi connectivity index (χ1v) is 5.55. The number of aromatic carboxylic acids is 1. The van der Waals surface area contributed by atoms with Crippen molar-refractivity contribution in [3.8, 4) is 0 Å². The highest BCUT2D eigenvalue weighted by Gasteiger charge is 2.14. The summed E-state index contributed by atoms with van der Waals surface area (Å²) < 4.78 is 1.57. The van der Waals surface area contributed by atoms with E-state index in [1.54, 1.807) is 6.07 Å². The van der Waals surface area contributed by atoms with Gasteiger partial charge in [-0.05, 0) is 22.0 Å². The molecule has 3 nitrogen and oxygen atoms in total. The first-order chi connectivity index (χ1) is 6.59. The average Bonchev–Trinajstić information content (AvgIpc) is 2.46. The van der Waals surface area contributed by atoms with Crippen LogP contribution in [0.4, 0.5) is 0 Å². The Morgan fingerprint density at radius 3 is 3.00 bits per heavy atom. The van der Waals surface area contributed by atoms with E-state index in [1.165, 1.54) is 17.5 Å². The molecule has 0 radical (unpaired) electrons. The molecule has 1 N–H and O–H groups in total. The van der Waals surface area contributed by atoms with Crippen LogP contribution in [-0.4, -0.2) is 16.1 Å². The first kappa shape index (κ1) is 9.89. The Kier molecular flexibility index (Phi) is 2.47. The highest BCUT2D eigenvalue weighted by molar-refractivity contribution is 9.11. The molecular weight excluding hydrogens is 290 g/mol. The van der Waals surface area contributed by atoms with Gasteiger partial charge in [-0.3, -0.25) is 4.98 Å². The Balaban J connectivity index is 2.80. The van der Waals surface area contributed by atoms with Crippen molar-refractivity contribution >= 4 is 55.1 Å². The van der Waals surface area contributed by atoms with Crippen LogP contribution in [0.15, 0.2) is 16.0 Å². The standard InChI is InChI=1S/C8H3BrClNO2S/c9-5-1-4-7(14-5)6(10)3(2-11-4)8(12)13/h1-2H,(H,12,13). The predicted octanol–water partition coefficient (Wildman–Crippen LogP) is 3.41. The molecule has 2 heterocycles. The van der Waals surface area contributed by atoms with E-state index in [0.29, 0.717) is 10.2 Å². The number of rotatable bonds is 1. The summed E-state index contributed by atoms with van der Waals surface area (Å²) in [5.41, 5.74) is 0.741. The van der Waals surface area contributed by atoms with Gasteiger partial charge in [-0.15, -0.1) is 11.3 Å². The minimum Gasteiger partial charge on any atom is -0.478 e. The fraction of sp³-hybridized carbons (Fsp3) is 0.